The number of thiazole rings is 1. The number of pyridine rings is 1. The Morgan fingerprint density at radius 3 is 2.30 bits per heavy atom. The highest BCUT2D eigenvalue weighted by Gasteiger charge is 2.24. The van der Waals surface area contributed by atoms with Crippen LogP contribution in [-0.4, -0.2) is 29.5 Å². The summed E-state index contributed by atoms with van der Waals surface area (Å²) >= 11 is 1.47. The molecule has 33 heavy (non-hydrogen) atoms. The van der Waals surface area contributed by atoms with E-state index in [-0.39, 0.29) is 17.3 Å². The lowest BCUT2D eigenvalue weighted by Crippen LogP contribution is -2.30. The molecule has 0 atom stereocenters. The minimum atomic E-state index is -3.41. The molecule has 8 heteroatoms. The summed E-state index contributed by atoms with van der Waals surface area (Å²) in [5, 5.41) is 0.0471. The smallest absolute Gasteiger partial charge is 0.260 e. The van der Waals surface area contributed by atoms with E-state index in [2.05, 4.69) is 11.1 Å². The van der Waals surface area contributed by atoms with Crippen LogP contribution in [-0.2, 0) is 16.4 Å². The van der Waals surface area contributed by atoms with Crippen LogP contribution in [0.4, 0.5) is 5.13 Å². The van der Waals surface area contributed by atoms with Crippen molar-refractivity contribution in [1.29, 1.82) is 0 Å². The van der Waals surface area contributed by atoms with Crippen molar-refractivity contribution >= 4 is 42.4 Å². The molecule has 2 aromatic carbocycles. The topological polar surface area (TPSA) is 80.2 Å². The average molecular weight is 480 g/mol. The van der Waals surface area contributed by atoms with Crippen LogP contribution in [0.5, 0.6) is 0 Å². The number of hydrogen-bond acceptors (Lipinski definition) is 6. The molecule has 0 aliphatic carbocycles. The van der Waals surface area contributed by atoms with E-state index in [9.17, 15) is 13.2 Å². The summed E-state index contributed by atoms with van der Waals surface area (Å²) in [7, 11) is -3.41. The molecule has 1 amide bonds. The van der Waals surface area contributed by atoms with Crippen molar-refractivity contribution in [1.82, 2.24) is 9.97 Å². The molecule has 2 aromatic heterocycles. The molecular weight excluding hydrogens is 454 g/mol. The highest BCUT2D eigenvalue weighted by molar-refractivity contribution is 7.92. The van der Waals surface area contributed by atoms with Gasteiger partial charge >= 0.3 is 0 Å². The van der Waals surface area contributed by atoms with Gasteiger partial charge in [-0.25, -0.2) is 13.4 Å². The average Bonchev–Trinajstić information content (AvgIpc) is 3.27. The molecule has 6 nitrogen and oxygen atoms in total. The SMILES string of the molecule is Cc1ccc(C)c2sc(N(Cc3ccccn3)C(=O)c3ccc(S(=O)(=O)C(C)C)cc3)nc12. The number of benzene rings is 2. The number of nitrogens with zero attached hydrogens (tertiary/aromatic N) is 3. The Hall–Kier alpha value is -3.10. The van der Waals surface area contributed by atoms with Crippen molar-refractivity contribution in [3.63, 3.8) is 0 Å². The van der Waals surface area contributed by atoms with Gasteiger partial charge in [-0.05, 0) is 75.2 Å². The largest absolute Gasteiger partial charge is 0.278 e. The normalized spacial score (nSPS) is 11.8. The highest BCUT2D eigenvalue weighted by atomic mass is 32.2. The van der Waals surface area contributed by atoms with Gasteiger partial charge in [-0.2, -0.15) is 0 Å². The standard InChI is InChI=1S/C25H25N3O3S2/c1-16(2)33(30,31)21-12-10-19(11-13-21)24(29)28(15-20-7-5-6-14-26-20)25-27-22-17(3)8-9-18(4)23(22)32-25/h5-14,16H,15H2,1-4H3. The van der Waals surface area contributed by atoms with E-state index in [1.807, 2.05) is 38.1 Å². The molecular formula is C25H25N3O3S2. The Kier molecular flexibility index (Phi) is 6.32. The predicted octanol–water partition coefficient (Wildman–Crippen LogP) is 5.34. The zero-order chi connectivity index (χ0) is 23.8. The third-order valence-corrected chi connectivity index (χ3v) is 8.89. The summed E-state index contributed by atoms with van der Waals surface area (Å²) in [6.45, 7) is 7.57. The van der Waals surface area contributed by atoms with Crippen LogP contribution in [0.2, 0.25) is 0 Å². The number of aromatic nitrogens is 2. The van der Waals surface area contributed by atoms with Crippen LogP contribution >= 0.6 is 11.3 Å². The molecule has 0 aliphatic rings. The van der Waals surface area contributed by atoms with Gasteiger partial charge < -0.3 is 0 Å². The third-order valence-electron chi connectivity index (χ3n) is 5.50. The molecule has 2 heterocycles. The van der Waals surface area contributed by atoms with E-state index >= 15 is 0 Å². The third kappa shape index (κ3) is 4.54. The number of carbonyl (C=O) groups excluding carboxylic acids is 1. The van der Waals surface area contributed by atoms with Gasteiger partial charge in [-0.15, -0.1) is 0 Å². The van der Waals surface area contributed by atoms with E-state index in [1.165, 1.54) is 23.5 Å². The predicted molar refractivity (Wildman–Crippen MR) is 133 cm³/mol. The van der Waals surface area contributed by atoms with Gasteiger partial charge in [-0.3, -0.25) is 14.7 Å². The second-order valence-corrected chi connectivity index (χ2v) is 11.7. The fraction of sp³-hybridized carbons (Fsp3) is 0.240. The Bertz CT molecular complexity index is 1370. The van der Waals surface area contributed by atoms with E-state index in [0.717, 1.165) is 27.0 Å². The molecule has 0 fully saturated rings. The molecule has 0 saturated carbocycles. The number of fused-ring (bicyclic) bond motifs is 1. The fourth-order valence-corrected chi connectivity index (χ4v) is 5.63. The van der Waals surface area contributed by atoms with Crippen molar-refractivity contribution in [2.75, 3.05) is 4.90 Å². The molecule has 170 valence electrons. The van der Waals surface area contributed by atoms with Crippen molar-refractivity contribution in [2.45, 2.75) is 44.4 Å². The van der Waals surface area contributed by atoms with Crippen LogP contribution in [0.15, 0.2) is 65.7 Å². The Morgan fingerprint density at radius 1 is 1.00 bits per heavy atom. The molecule has 4 rings (SSSR count). The first-order valence-electron chi connectivity index (χ1n) is 10.6. The summed E-state index contributed by atoms with van der Waals surface area (Å²) in [5.41, 5.74) is 4.16. The lowest BCUT2D eigenvalue weighted by Gasteiger charge is -2.20. The van der Waals surface area contributed by atoms with Gasteiger partial charge in [0.1, 0.15) is 0 Å². The molecule has 0 saturated heterocycles. The summed E-state index contributed by atoms with van der Waals surface area (Å²) < 4.78 is 26.0. The van der Waals surface area contributed by atoms with Crippen LogP contribution in [0, 0.1) is 13.8 Å². The number of anilines is 1. The lowest BCUT2D eigenvalue weighted by molar-refractivity contribution is 0.0984. The Morgan fingerprint density at radius 2 is 1.70 bits per heavy atom. The van der Waals surface area contributed by atoms with E-state index in [1.54, 1.807) is 37.1 Å². The van der Waals surface area contributed by atoms with Crippen LogP contribution in [0.3, 0.4) is 0 Å². The maximum atomic E-state index is 13.6. The monoisotopic (exact) mass is 479 g/mol. The number of amides is 1. The molecule has 0 bridgehead atoms. The maximum Gasteiger partial charge on any atom is 0.260 e. The van der Waals surface area contributed by atoms with Gasteiger partial charge in [0.15, 0.2) is 15.0 Å². The summed E-state index contributed by atoms with van der Waals surface area (Å²) in [5.74, 6) is -0.261. The molecule has 0 unspecified atom stereocenters. The van der Waals surface area contributed by atoms with Crippen LogP contribution < -0.4 is 4.90 Å². The van der Waals surface area contributed by atoms with Gasteiger partial charge in [0.25, 0.3) is 5.91 Å². The van der Waals surface area contributed by atoms with E-state index < -0.39 is 15.1 Å². The Labute approximate surface area is 197 Å². The minimum absolute atomic E-state index is 0.205. The summed E-state index contributed by atoms with van der Waals surface area (Å²) in [4.78, 5) is 24.6. The van der Waals surface area contributed by atoms with Gasteiger partial charge in [0.05, 0.1) is 32.6 Å². The zero-order valence-corrected chi connectivity index (χ0v) is 20.6. The maximum absolute atomic E-state index is 13.6. The number of hydrogen-bond donors (Lipinski definition) is 0. The highest BCUT2D eigenvalue weighted by Crippen LogP contribution is 2.34. The van der Waals surface area contributed by atoms with Crippen molar-refractivity contribution in [3.05, 3.63) is 83.2 Å². The van der Waals surface area contributed by atoms with Crippen molar-refractivity contribution in [2.24, 2.45) is 0 Å². The first-order chi connectivity index (χ1) is 15.7. The van der Waals surface area contributed by atoms with E-state index in [4.69, 9.17) is 4.98 Å². The Balaban J connectivity index is 1.76. The number of aryl methyl sites for hydroxylation is 2. The molecule has 0 spiro atoms. The van der Waals surface area contributed by atoms with Crippen molar-refractivity contribution in [3.8, 4) is 0 Å². The number of rotatable bonds is 6. The first kappa shape index (κ1) is 23.1. The quantitative estimate of drug-likeness (QED) is 0.373. The summed E-state index contributed by atoms with van der Waals surface area (Å²) in [6, 6.07) is 15.8. The fourth-order valence-electron chi connectivity index (χ4n) is 3.46. The molecule has 0 radical (unpaired) electrons. The molecule has 4 aromatic rings. The molecule has 0 aliphatic heterocycles. The number of sulfone groups is 1. The van der Waals surface area contributed by atoms with E-state index in [0.29, 0.717) is 10.7 Å². The second kappa shape index (κ2) is 9.03. The van der Waals surface area contributed by atoms with Gasteiger partial charge in [0, 0.05) is 11.8 Å². The lowest BCUT2D eigenvalue weighted by atomic mass is 10.1. The van der Waals surface area contributed by atoms with Crippen LogP contribution in [0.1, 0.15) is 41.0 Å². The second-order valence-electron chi connectivity index (χ2n) is 8.20. The number of carbonyl (C=O) groups is 1. The van der Waals surface area contributed by atoms with Crippen LogP contribution in [0.25, 0.3) is 10.2 Å². The van der Waals surface area contributed by atoms with Gasteiger partial charge in [0.2, 0.25) is 0 Å². The summed E-state index contributed by atoms with van der Waals surface area (Å²) in [6.07, 6.45) is 1.69. The van der Waals surface area contributed by atoms with Crippen molar-refractivity contribution < 1.29 is 13.2 Å². The zero-order valence-electron chi connectivity index (χ0n) is 18.9. The molecule has 0 N–H and O–H groups in total. The first-order valence-corrected chi connectivity index (χ1v) is 13.0. The van der Waals surface area contributed by atoms with Gasteiger partial charge in [-0.1, -0.05) is 29.5 Å². The minimum Gasteiger partial charge on any atom is -0.278 e.